The summed E-state index contributed by atoms with van der Waals surface area (Å²) in [5, 5.41) is 1.33. The van der Waals surface area contributed by atoms with E-state index in [0.29, 0.717) is 0 Å². The molecule has 0 atom stereocenters. The molecular formula is C15H19NS2. The van der Waals surface area contributed by atoms with Crippen LogP contribution >= 0.6 is 24.0 Å². The molecule has 2 aromatic rings. The first kappa shape index (κ1) is 13.6. The van der Waals surface area contributed by atoms with Gasteiger partial charge in [-0.3, -0.25) is 0 Å². The van der Waals surface area contributed by atoms with Crippen LogP contribution in [0.3, 0.4) is 0 Å². The molecule has 96 valence electrons. The van der Waals surface area contributed by atoms with Crippen LogP contribution in [0.4, 0.5) is 0 Å². The molecule has 0 saturated heterocycles. The Labute approximate surface area is 118 Å². The molecule has 18 heavy (non-hydrogen) atoms. The van der Waals surface area contributed by atoms with Crippen molar-refractivity contribution in [2.45, 2.75) is 26.7 Å². The SMILES string of the molecule is CSC(=S)CC(C)(C)Cc1c[nH]c2ccccc12. The van der Waals surface area contributed by atoms with Crippen LogP contribution < -0.4 is 0 Å². The van der Waals surface area contributed by atoms with Crippen molar-refractivity contribution in [3.63, 3.8) is 0 Å². The molecule has 1 aromatic carbocycles. The third kappa shape index (κ3) is 3.15. The van der Waals surface area contributed by atoms with E-state index in [9.17, 15) is 0 Å². The smallest absolute Gasteiger partial charge is 0.0481 e. The fourth-order valence-electron chi connectivity index (χ4n) is 2.32. The van der Waals surface area contributed by atoms with Gasteiger partial charge in [0.15, 0.2) is 0 Å². The highest BCUT2D eigenvalue weighted by molar-refractivity contribution is 8.22. The van der Waals surface area contributed by atoms with Gasteiger partial charge in [-0.25, -0.2) is 0 Å². The van der Waals surface area contributed by atoms with Crippen LogP contribution in [0.5, 0.6) is 0 Å². The zero-order valence-electron chi connectivity index (χ0n) is 11.1. The Morgan fingerprint density at radius 3 is 2.78 bits per heavy atom. The Bertz CT molecular complexity index is 554. The van der Waals surface area contributed by atoms with Crippen molar-refractivity contribution in [1.29, 1.82) is 0 Å². The van der Waals surface area contributed by atoms with Crippen LogP contribution in [-0.2, 0) is 6.42 Å². The van der Waals surface area contributed by atoms with Gasteiger partial charge in [0.05, 0.1) is 0 Å². The van der Waals surface area contributed by atoms with E-state index in [2.05, 4.69) is 55.5 Å². The first-order valence-corrected chi connectivity index (χ1v) is 7.77. The topological polar surface area (TPSA) is 15.8 Å². The summed E-state index contributed by atoms with van der Waals surface area (Å²) in [6, 6.07) is 8.47. The van der Waals surface area contributed by atoms with Gasteiger partial charge in [0.2, 0.25) is 0 Å². The molecule has 0 spiro atoms. The van der Waals surface area contributed by atoms with E-state index in [1.807, 2.05) is 0 Å². The molecule has 2 rings (SSSR count). The third-order valence-electron chi connectivity index (χ3n) is 3.19. The molecule has 0 radical (unpaired) electrons. The third-order valence-corrected chi connectivity index (χ3v) is 4.44. The van der Waals surface area contributed by atoms with Gasteiger partial charge in [-0.2, -0.15) is 0 Å². The van der Waals surface area contributed by atoms with Crippen LogP contribution in [0.1, 0.15) is 25.8 Å². The average Bonchev–Trinajstić information content (AvgIpc) is 2.71. The number of aromatic nitrogens is 1. The molecule has 0 aliphatic heterocycles. The van der Waals surface area contributed by atoms with Gasteiger partial charge >= 0.3 is 0 Å². The molecule has 0 bridgehead atoms. The Kier molecular flexibility index (Phi) is 4.13. The molecule has 0 saturated carbocycles. The lowest BCUT2D eigenvalue weighted by Crippen LogP contribution is -2.17. The van der Waals surface area contributed by atoms with Crippen LogP contribution in [0.2, 0.25) is 0 Å². The Hall–Kier alpha value is -0.800. The maximum Gasteiger partial charge on any atom is 0.0481 e. The normalized spacial score (nSPS) is 11.9. The van der Waals surface area contributed by atoms with Gasteiger partial charge in [-0.15, -0.1) is 11.8 Å². The fraction of sp³-hybridized carbons (Fsp3) is 0.400. The molecule has 0 unspecified atom stereocenters. The van der Waals surface area contributed by atoms with Crippen LogP contribution in [0, 0.1) is 5.41 Å². The predicted molar refractivity (Wildman–Crippen MR) is 86.5 cm³/mol. The van der Waals surface area contributed by atoms with E-state index < -0.39 is 0 Å². The summed E-state index contributed by atoms with van der Waals surface area (Å²) in [7, 11) is 0. The molecule has 3 heteroatoms. The second kappa shape index (κ2) is 5.45. The number of fused-ring (bicyclic) bond motifs is 1. The standard InChI is InChI=1S/C15H19NS2/c1-15(2,9-14(17)18-3)8-11-10-16-13-7-5-4-6-12(11)13/h4-7,10,16H,8-9H2,1-3H3. The van der Waals surface area contributed by atoms with E-state index >= 15 is 0 Å². The number of benzene rings is 1. The molecule has 0 aliphatic rings. The van der Waals surface area contributed by atoms with Crippen molar-refractivity contribution >= 4 is 39.1 Å². The number of para-hydroxylation sites is 1. The largest absolute Gasteiger partial charge is 0.361 e. The molecular weight excluding hydrogens is 258 g/mol. The lowest BCUT2D eigenvalue weighted by Gasteiger charge is -2.24. The minimum absolute atomic E-state index is 0.213. The van der Waals surface area contributed by atoms with Gasteiger partial charge < -0.3 is 4.98 Å². The second-order valence-electron chi connectivity index (χ2n) is 5.45. The zero-order chi connectivity index (χ0) is 13.2. The zero-order valence-corrected chi connectivity index (χ0v) is 12.8. The maximum atomic E-state index is 5.35. The first-order chi connectivity index (χ1) is 8.52. The number of thioether (sulfide) groups is 1. The molecule has 0 fully saturated rings. The van der Waals surface area contributed by atoms with Crippen molar-refractivity contribution in [2.24, 2.45) is 5.41 Å². The Morgan fingerprint density at radius 2 is 2.06 bits per heavy atom. The van der Waals surface area contributed by atoms with Gasteiger partial charge in [0.1, 0.15) is 0 Å². The van der Waals surface area contributed by atoms with Crippen LogP contribution in [0.15, 0.2) is 30.5 Å². The van der Waals surface area contributed by atoms with Crippen LogP contribution in [-0.4, -0.2) is 15.4 Å². The molecule has 1 aromatic heterocycles. The van der Waals surface area contributed by atoms with E-state index in [1.165, 1.54) is 16.5 Å². The van der Waals surface area contributed by atoms with E-state index in [-0.39, 0.29) is 5.41 Å². The summed E-state index contributed by atoms with van der Waals surface area (Å²) in [6.45, 7) is 4.58. The summed E-state index contributed by atoms with van der Waals surface area (Å²) in [5.41, 5.74) is 2.82. The monoisotopic (exact) mass is 277 g/mol. The number of thiocarbonyl (C=S) groups is 1. The molecule has 1 heterocycles. The predicted octanol–water partition coefficient (Wildman–Crippen LogP) is 4.82. The highest BCUT2D eigenvalue weighted by Gasteiger charge is 2.21. The van der Waals surface area contributed by atoms with Gasteiger partial charge in [0, 0.05) is 21.3 Å². The van der Waals surface area contributed by atoms with Gasteiger partial charge in [-0.05, 0) is 36.1 Å². The highest BCUT2D eigenvalue weighted by atomic mass is 32.2. The number of H-pyrrole nitrogens is 1. The fourth-order valence-corrected chi connectivity index (χ4v) is 3.24. The summed E-state index contributed by atoms with van der Waals surface area (Å²) >= 11 is 7.04. The molecule has 1 N–H and O–H groups in total. The highest BCUT2D eigenvalue weighted by Crippen LogP contribution is 2.31. The van der Waals surface area contributed by atoms with E-state index in [0.717, 1.165) is 17.0 Å². The number of hydrogen-bond donors (Lipinski definition) is 1. The molecule has 0 amide bonds. The average molecular weight is 277 g/mol. The maximum absolute atomic E-state index is 5.35. The number of aromatic amines is 1. The Balaban J connectivity index is 2.20. The van der Waals surface area contributed by atoms with Crippen molar-refractivity contribution in [1.82, 2.24) is 4.98 Å². The summed E-state index contributed by atoms with van der Waals surface area (Å²) in [5.74, 6) is 0. The van der Waals surface area contributed by atoms with Crippen LogP contribution in [0.25, 0.3) is 10.9 Å². The molecule has 0 aliphatic carbocycles. The first-order valence-electron chi connectivity index (χ1n) is 6.14. The minimum atomic E-state index is 0.213. The lowest BCUT2D eigenvalue weighted by molar-refractivity contribution is 0.385. The van der Waals surface area contributed by atoms with Gasteiger partial charge in [0.25, 0.3) is 0 Å². The van der Waals surface area contributed by atoms with Gasteiger partial charge in [-0.1, -0.05) is 44.3 Å². The minimum Gasteiger partial charge on any atom is -0.361 e. The number of hydrogen-bond acceptors (Lipinski definition) is 2. The van der Waals surface area contributed by atoms with Crippen molar-refractivity contribution in [2.75, 3.05) is 6.26 Å². The lowest BCUT2D eigenvalue weighted by atomic mass is 9.83. The molecule has 1 nitrogen and oxygen atoms in total. The Morgan fingerprint density at radius 1 is 1.33 bits per heavy atom. The van der Waals surface area contributed by atoms with Crippen molar-refractivity contribution in [3.8, 4) is 0 Å². The van der Waals surface area contributed by atoms with Crippen molar-refractivity contribution in [3.05, 3.63) is 36.0 Å². The summed E-state index contributed by atoms with van der Waals surface area (Å²) < 4.78 is 1.10. The summed E-state index contributed by atoms with van der Waals surface area (Å²) in [6.07, 6.45) is 6.24. The number of nitrogens with one attached hydrogen (secondary N) is 1. The number of rotatable bonds is 4. The van der Waals surface area contributed by atoms with E-state index in [1.54, 1.807) is 11.8 Å². The second-order valence-corrected chi connectivity index (χ2v) is 7.11. The quantitative estimate of drug-likeness (QED) is 0.807. The summed E-state index contributed by atoms with van der Waals surface area (Å²) in [4.78, 5) is 3.34. The van der Waals surface area contributed by atoms with Crippen molar-refractivity contribution < 1.29 is 0 Å². The van der Waals surface area contributed by atoms with E-state index in [4.69, 9.17) is 12.2 Å².